The van der Waals surface area contributed by atoms with Gasteiger partial charge in [0.25, 0.3) is 0 Å². The largest absolute Gasteiger partial charge is 0.497 e. The Kier molecular flexibility index (Phi) is 4.69. The van der Waals surface area contributed by atoms with Gasteiger partial charge < -0.3 is 10.1 Å². The maximum Gasteiger partial charge on any atom is 0.133 e. The van der Waals surface area contributed by atoms with Crippen LogP contribution in [0.15, 0.2) is 36.4 Å². The highest BCUT2D eigenvalue weighted by atomic mass is 19.1. The number of nitrogens with one attached hydrogen (secondary N) is 1. The Bertz CT molecular complexity index is 599. The summed E-state index contributed by atoms with van der Waals surface area (Å²) in [6, 6.07) is 9.05. The van der Waals surface area contributed by atoms with Gasteiger partial charge in [-0.2, -0.15) is 0 Å². The molecule has 0 bridgehead atoms. The first-order chi connectivity index (χ1) is 9.65. The van der Waals surface area contributed by atoms with E-state index >= 15 is 0 Å². The lowest BCUT2D eigenvalue weighted by atomic mass is 9.98. The van der Waals surface area contributed by atoms with Gasteiger partial charge >= 0.3 is 0 Å². The third kappa shape index (κ3) is 3.14. The predicted molar refractivity (Wildman–Crippen MR) is 75.7 cm³/mol. The van der Waals surface area contributed by atoms with Crippen LogP contribution in [0.5, 0.6) is 5.75 Å². The van der Waals surface area contributed by atoms with Crippen molar-refractivity contribution in [3.63, 3.8) is 0 Å². The maximum absolute atomic E-state index is 13.9. The van der Waals surface area contributed by atoms with Crippen molar-refractivity contribution in [1.82, 2.24) is 5.32 Å². The van der Waals surface area contributed by atoms with Gasteiger partial charge in [-0.1, -0.05) is 13.0 Å². The summed E-state index contributed by atoms with van der Waals surface area (Å²) >= 11 is 0. The molecule has 2 nitrogen and oxygen atoms in total. The van der Waals surface area contributed by atoms with Gasteiger partial charge in [0, 0.05) is 18.2 Å². The second kappa shape index (κ2) is 6.48. The lowest BCUT2D eigenvalue weighted by Crippen LogP contribution is -2.12. The molecule has 0 unspecified atom stereocenters. The molecule has 2 rings (SSSR count). The van der Waals surface area contributed by atoms with Crippen LogP contribution in [0.25, 0.3) is 11.1 Å². The van der Waals surface area contributed by atoms with Crippen molar-refractivity contribution >= 4 is 0 Å². The molecule has 0 atom stereocenters. The van der Waals surface area contributed by atoms with Crippen LogP contribution in [0.2, 0.25) is 0 Å². The first-order valence-corrected chi connectivity index (χ1v) is 6.48. The summed E-state index contributed by atoms with van der Waals surface area (Å²) in [4.78, 5) is 0. The molecule has 0 aromatic heterocycles. The highest BCUT2D eigenvalue weighted by Gasteiger charge is 2.11. The Hall–Kier alpha value is -1.94. The minimum Gasteiger partial charge on any atom is -0.497 e. The zero-order valence-electron chi connectivity index (χ0n) is 11.5. The molecule has 2 aromatic carbocycles. The Morgan fingerprint density at radius 2 is 1.80 bits per heavy atom. The fourth-order valence-electron chi connectivity index (χ4n) is 2.07. The lowest BCUT2D eigenvalue weighted by Gasteiger charge is -2.13. The molecule has 0 amide bonds. The molecule has 106 valence electrons. The number of ether oxygens (including phenoxy) is 1. The second-order valence-corrected chi connectivity index (χ2v) is 4.43. The minimum absolute atomic E-state index is 0.391. The molecule has 0 heterocycles. The minimum atomic E-state index is -0.576. The van der Waals surface area contributed by atoms with Gasteiger partial charge in [-0.15, -0.1) is 0 Å². The van der Waals surface area contributed by atoms with Crippen molar-refractivity contribution in [2.45, 2.75) is 13.5 Å². The number of halogens is 2. The Labute approximate surface area is 117 Å². The average molecular weight is 277 g/mol. The first kappa shape index (κ1) is 14.5. The van der Waals surface area contributed by atoms with Crippen molar-refractivity contribution in [3.05, 3.63) is 53.6 Å². The molecule has 1 N–H and O–H groups in total. The summed E-state index contributed by atoms with van der Waals surface area (Å²) in [5, 5.41) is 3.20. The Morgan fingerprint density at radius 1 is 1.05 bits per heavy atom. The SMILES string of the molecule is CCNCc1cc(OC)ccc1-c1ccc(F)cc1F. The highest BCUT2D eigenvalue weighted by molar-refractivity contribution is 5.69. The zero-order valence-corrected chi connectivity index (χ0v) is 11.5. The molecule has 0 aliphatic carbocycles. The monoisotopic (exact) mass is 277 g/mol. The topological polar surface area (TPSA) is 21.3 Å². The normalized spacial score (nSPS) is 10.6. The number of benzene rings is 2. The van der Waals surface area contributed by atoms with E-state index in [0.717, 1.165) is 23.7 Å². The molecule has 4 heteroatoms. The van der Waals surface area contributed by atoms with E-state index < -0.39 is 11.6 Å². The Balaban J connectivity index is 2.48. The van der Waals surface area contributed by atoms with Crippen LogP contribution in [-0.2, 0) is 6.54 Å². The van der Waals surface area contributed by atoms with Gasteiger partial charge in [-0.25, -0.2) is 8.78 Å². The van der Waals surface area contributed by atoms with E-state index in [1.807, 2.05) is 13.0 Å². The number of hydrogen-bond acceptors (Lipinski definition) is 2. The maximum atomic E-state index is 13.9. The molecule has 0 saturated heterocycles. The van der Waals surface area contributed by atoms with Gasteiger partial charge in [0.1, 0.15) is 17.4 Å². The van der Waals surface area contributed by atoms with E-state index in [-0.39, 0.29) is 0 Å². The fraction of sp³-hybridized carbons (Fsp3) is 0.250. The van der Waals surface area contributed by atoms with E-state index in [9.17, 15) is 8.78 Å². The van der Waals surface area contributed by atoms with Crippen LogP contribution in [0.4, 0.5) is 8.78 Å². The summed E-state index contributed by atoms with van der Waals surface area (Å²) in [5.74, 6) is -0.426. The molecule has 2 aromatic rings. The number of hydrogen-bond donors (Lipinski definition) is 1. The van der Waals surface area contributed by atoms with Crippen molar-refractivity contribution < 1.29 is 13.5 Å². The third-order valence-electron chi connectivity index (χ3n) is 3.10. The van der Waals surface area contributed by atoms with Crippen molar-refractivity contribution in [2.75, 3.05) is 13.7 Å². The quantitative estimate of drug-likeness (QED) is 0.898. The molecule has 0 radical (unpaired) electrons. The second-order valence-electron chi connectivity index (χ2n) is 4.43. The smallest absolute Gasteiger partial charge is 0.133 e. The van der Waals surface area contributed by atoms with Crippen molar-refractivity contribution in [2.24, 2.45) is 0 Å². The van der Waals surface area contributed by atoms with Crippen LogP contribution in [0, 0.1) is 11.6 Å². The third-order valence-corrected chi connectivity index (χ3v) is 3.10. The first-order valence-electron chi connectivity index (χ1n) is 6.48. The molecular formula is C16H17F2NO. The molecule has 0 fully saturated rings. The van der Waals surface area contributed by atoms with Crippen molar-refractivity contribution in [3.8, 4) is 16.9 Å². The predicted octanol–water partition coefficient (Wildman–Crippen LogP) is 3.75. The number of rotatable bonds is 5. The molecule has 0 saturated carbocycles. The van der Waals surface area contributed by atoms with Gasteiger partial charge in [-0.05, 0) is 41.9 Å². The zero-order chi connectivity index (χ0) is 14.5. The Morgan fingerprint density at radius 3 is 2.45 bits per heavy atom. The van der Waals surface area contributed by atoms with Crippen molar-refractivity contribution in [1.29, 1.82) is 0 Å². The molecule has 0 spiro atoms. The van der Waals surface area contributed by atoms with E-state index in [1.54, 1.807) is 19.2 Å². The van der Waals surface area contributed by atoms with Crippen LogP contribution in [0.1, 0.15) is 12.5 Å². The van der Waals surface area contributed by atoms with E-state index in [0.29, 0.717) is 17.9 Å². The summed E-state index contributed by atoms with van der Waals surface area (Å²) in [7, 11) is 1.59. The van der Waals surface area contributed by atoms with Gasteiger partial charge in [0.2, 0.25) is 0 Å². The average Bonchev–Trinajstić information content (AvgIpc) is 2.45. The number of methoxy groups -OCH3 is 1. The molecule has 0 aliphatic rings. The van der Waals surface area contributed by atoms with Gasteiger partial charge in [0.15, 0.2) is 0 Å². The van der Waals surface area contributed by atoms with E-state index in [2.05, 4.69) is 5.32 Å². The lowest BCUT2D eigenvalue weighted by molar-refractivity contribution is 0.414. The molecule has 0 aliphatic heterocycles. The van der Waals surface area contributed by atoms with E-state index in [4.69, 9.17) is 4.74 Å². The van der Waals surface area contributed by atoms with Crippen LogP contribution < -0.4 is 10.1 Å². The van der Waals surface area contributed by atoms with Crippen LogP contribution in [-0.4, -0.2) is 13.7 Å². The van der Waals surface area contributed by atoms with Gasteiger partial charge in [-0.3, -0.25) is 0 Å². The summed E-state index contributed by atoms with van der Waals surface area (Å²) in [6.07, 6.45) is 0. The standard InChI is InChI=1S/C16H17F2NO/c1-3-19-10-11-8-13(20-2)5-7-14(11)15-6-4-12(17)9-16(15)18/h4-9,19H,3,10H2,1-2H3. The van der Waals surface area contributed by atoms with Gasteiger partial charge in [0.05, 0.1) is 7.11 Å². The molecular weight excluding hydrogens is 260 g/mol. The fourth-order valence-corrected chi connectivity index (χ4v) is 2.07. The highest BCUT2D eigenvalue weighted by Crippen LogP contribution is 2.29. The summed E-state index contributed by atoms with van der Waals surface area (Å²) in [5.41, 5.74) is 2.04. The van der Waals surface area contributed by atoms with E-state index in [1.165, 1.54) is 12.1 Å². The summed E-state index contributed by atoms with van der Waals surface area (Å²) in [6.45, 7) is 3.40. The molecule has 20 heavy (non-hydrogen) atoms. The van der Waals surface area contributed by atoms with Crippen LogP contribution >= 0.6 is 0 Å². The van der Waals surface area contributed by atoms with Crippen LogP contribution in [0.3, 0.4) is 0 Å². The summed E-state index contributed by atoms with van der Waals surface area (Å²) < 4.78 is 32.1.